The first-order valence-electron chi connectivity index (χ1n) is 7.61. The second-order valence-corrected chi connectivity index (χ2v) is 5.43. The van der Waals surface area contributed by atoms with Gasteiger partial charge in [-0.05, 0) is 36.1 Å². The van der Waals surface area contributed by atoms with Gasteiger partial charge in [0.15, 0.2) is 0 Å². The van der Waals surface area contributed by atoms with Gasteiger partial charge in [-0.25, -0.2) is 0 Å². The van der Waals surface area contributed by atoms with Gasteiger partial charge in [-0.2, -0.15) is 0 Å². The molecule has 0 bridgehead atoms. The Morgan fingerprint density at radius 2 is 1.81 bits per heavy atom. The summed E-state index contributed by atoms with van der Waals surface area (Å²) in [7, 11) is 0. The van der Waals surface area contributed by atoms with E-state index in [9.17, 15) is 9.90 Å². The summed E-state index contributed by atoms with van der Waals surface area (Å²) in [6, 6.07) is 11.6. The van der Waals surface area contributed by atoms with Crippen molar-refractivity contribution in [2.24, 2.45) is 0 Å². The van der Waals surface area contributed by atoms with Crippen molar-refractivity contribution in [3.05, 3.63) is 59.9 Å². The Bertz CT molecular complexity index is 560. The van der Waals surface area contributed by atoms with Crippen LogP contribution in [0.4, 0.5) is 0 Å². The van der Waals surface area contributed by atoms with Crippen molar-refractivity contribution in [2.45, 2.75) is 45.1 Å². The van der Waals surface area contributed by atoms with Crippen molar-refractivity contribution in [2.75, 3.05) is 0 Å². The third-order valence-electron chi connectivity index (χ3n) is 3.70. The highest BCUT2D eigenvalue weighted by molar-refractivity contribution is 5.81. The van der Waals surface area contributed by atoms with E-state index < -0.39 is 0 Å². The summed E-state index contributed by atoms with van der Waals surface area (Å²) in [5, 5.41) is 10.1. The molecule has 3 nitrogen and oxygen atoms in total. The number of hydrogen-bond donors (Lipinski definition) is 1. The lowest BCUT2D eigenvalue weighted by Gasteiger charge is -2.13. The van der Waals surface area contributed by atoms with Crippen LogP contribution in [0.15, 0.2) is 48.8 Å². The van der Waals surface area contributed by atoms with Gasteiger partial charge in [0.25, 0.3) is 0 Å². The fourth-order valence-corrected chi connectivity index (χ4v) is 2.48. The maximum Gasteiger partial charge on any atom is 0.234 e. The number of rotatable bonds is 7. The molecule has 2 rings (SSSR count). The van der Waals surface area contributed by atoms with Crippen molar-refractivity contribution in [1.29, 1.82) is 0 Å². The molecular weight excluding hydrogens is 262 g/mol. The van der Waals surface area contributed by atoms with E-state index >= 15 is 0 Å². The number of aliphatic hydroxyl groups excluding tert-OH is 1. The lowest BCUT2D eigenvalue weighted by Crippen LogP contribution is -2.15. The van der Waals surface area contributed by atoms with Gasteiger partial charge in [0.2, 0.25) is 5.91 Å². The first-order chi connectivity index (χ1) is 10.2. The Morgan fingerprint density at radius 1 is 1.14 bits per heavy atom. The average molecular weight is 285 g/mol. The van der Waals surface area contributed by atoms with Crippen molar-refractivity contribution in [3.8, 4) is 0 Å². The van der Waals surface area contributed by atoms with Gasteiger partial charge in [0.1, 0.15) is 0 Å². The third-order valence-corrected chi connectivity index (χ3v) is 3.70. The molecule has 2 aromatic rings. The summed E-state index contributed by atoms with van der Waals surface area (Å²) < 4.78 is 1.60. The molecule has 0 amide bonds. The van der Waals surface area contributed by atoms with Crippen molar-refractivity contribution in [3.63, 3.8) is 0 Å². The lowest BCUT2D eigenvalue weighted by atomic mass is 9.97. The van der Waals surface area contributed by atoms with E-state index in [1.165, 1.54) is 0 Å². The summed E-state index contributed by atoms with van der Waals surface area (Å²) in [5.74, 6) is 0.0514. The van der Waals surface area contributed by atoms with E-state index in [-0.39, 0.29) is 12.0 Å². The van der Waals surface area contributed by atoms with Crippen LogP contribution in [-0.4, -0.2) is 21.7 Å². The molecule has 0 fully saturated rings. The summed E-state index contributed by atoms with van der Waals surface area (Å²) in [4.78, 5) is 12.2. The van der Waals surface area contributed by atoms with E-state index in [0.29, 0.717) is 12.8 Å². The molecule has 0 aliphatic rings. The Labute approximate surface area is 126 Å². The minimum atomic E-state index is -0.326. The zero-order valence-corrected chi connectivity index (χ0v) is 12.5. The number of aromatic nitrogens is 1. The van der Waals surface area contributed by atoms with Crippen LogP contribution in [0.3, 0.4) is 0 Å². The molecule has 1 unspecified atom stereocenters. The quantitative estimate of drug-likeness (QED) is 0.846. The Balaban J connectivity index is 2.04. The molecular formula is C18H23NO2. The summed E-state index contributed by atoms with van der Waals surface area (Å²) >= 11 is 0. The van der Waals surface area contributed by atoms with E-state index in [2.05, 4.69) is 6.92 Å². The summed E-state index contributed by atoms with van der Waals surface area (Å²) in [6.45, 7) is 2.12. The normalized spacial score (nSPS) is 12.3. The fourth-order valence-electron chi connectivity index (χ4n) is 2.48. The first-order valence-corrected chi connectivity index (χ1v) is 7.61. The smallest absolute Gasteiger partial charge is 0.234 e. The second kappa shape index (κ2) is 7.79. The van der Waals surface area contributed by atoms with Crippen LogP contribution in [-0.2, 0) is 12.8 Å². The van der Waals surface area contributed by atoms with Crippen molar-refractivity contribution < 1.29 is 9.90 Å². The number of unbranched alkanes of at least 4 members (excludes halogenated alkanes) is 1. The van der Waals surface area contributed by atoms with Crippen LogP contribution in [0.25, 0.3) is 0 Å². The summed E-state index contributed by atoms with van der Waals surface area (Å²) in [6.07, 6.45) is 7.13. The topological polar surface area (TPSA) is 42.2 Å². The molecule has 0 radical (unpaired) electrons. The van der Waals surface area contributed by atoms with Crippen LogP contribution < -0.4 is 0 Å². The zero-order valence-electron chi connectivity index (χ0n) is 12.5. The average Bonchev–Trinajstić information content (AvgIpc) is 3.01. The van der Waals surface area contributed by atoms with Gasteiger partial charge in [-0.15, -0.1) is 0 Å². The third kappa shape index (κ3) is 4.57. The number of aliphatic hydroxyl groups is 1. The molecule has 0 saturated heterocycles. The second-order valence-electron chi connectivity index (χ2n) is 5.43. The standard InChI is InChI=1S/C18H23NO2/c1-2-3-10-17(20)13-15-8-4-5-9-16(15)14-18(21)19-11-6-7-12-19/h4-9,11-12,17,20H,2-3,10,13-14H2,1H3. The number of carbonyl (C=O) groups excluding carboxylic acids is 1. The highest BCUT2D eigenvalue weighted by Gasteiger charge is 2.12. The number of benzene rings is 1. The maximum absolute atomic E-state index is 12.2. The van der Waals surface area contributed by atoms with E-state index in [4.69, 9.17) is 0 Å². The van der Waals surface area contributed by atoms with Crippen LogP contribution in [0.5, 0.6) is 0 Å². The molecule has 3 heteroatoms. The first kappa shape index (κ1) is 15.5. The van der Waals surface area contributed by atoms with Gasteiger partial charge < -0.3 is 5.11 Å². The SMILES string of the molecule is CCCCC(O)Cc1ccccc1CC(=O)n1cccc1. The monoisotopic (exact) mass is 285 g/mol. The molecule has 112 valence electrons. The predicted molar refractivity (Wildman–Crippen MR) is 84.4 cm³/mol. The highest BCUT2D eigenvalue weighted by atomic mass is 16.3. The molecule has 1 N–H and O–H groups in total. The largest absolute Gasteiger partial charge is 0.393 e. The predicted octanol–water partition coefficient (Wildman–Crippen LogP) is 3.46. The molecule has 1 heterocycles. The Hall–Kier alpha value is -1.87. The van der Waals surface area contributed by atoms with E-state index in [0.717, 1.165) is 30.4 Å². The van der Waals surface area contributed by atoms with Crippen molar-refractivity contribution in [1.82, 2.24) is 4.57 Å². The molecule has 1 aromatic heterocycles. The van der Waals surface area contributed by atoms with E-state index in [1.54, 1.807) is 17.0 Å². The van der Waals surface area contributed by atoms with Gasteiger partial charge in [0, 0.05) is 12.4 Å². The van der Waals surface area contributed by atoms with Crippen LogP contribution >= 0.6 is 0 Å². The van der Waals surface area contributed by atoms with Gasteiger partial charge in [-0.3, -0.25) is 9.36 Å². The van der Waals surface area contributed by atoms with Gasteiger partial charge in [0.05, 0.1) is 12.5 Å². The van der Waals surface area contributed by atoms with Gasteiger partial charge >= 0.3 is 0 Å². The molecule has 21 heavy (non-hydrogen) atoms. The minimum absolute atomic E-state index is 0.0514. The Kier molecular flexibility index (Phi) is 5.76. The molecule has 0 aliphatic carbocycles. The molecule has 0 saturated carbocycles. The van der Waals surface area contributed by atoms with Gasteiger partial charge in [-0.1, -0.05) is 44.0 Å². The number of carbonyl (C=O) groups is 1. The van der Waals surface area contributed by atoms with Crippen LogP contribution in [0.2, 0.25) is 0 Å². The molecule has 1 atom stereocenters. The highest BCUT2D eigenvalue weighted by Crippen LogP contribution is 2.15. The number of nitrogens with zero attached hydrogens (tertiary/aromatic N) is 1. The van der Waals surface area contributed by atoms with Crippen LogP contribution in [0.1, 0.15) is 42.1 Å². The fraction of sp³-hybridized carbons (Fsp3) is 0.389. The van der Waals surface area contributed by atoms with Crippen LogP contribution in [0, 0.1) is 0 Å². The number of hydrogen-bond acceptors (Lipinski definition) is 2. The van der Waals surface area contributed by atoms with Crippen molar-refractivity contribution >= 4 is 5.91 Å². The zero-order chi connectivity index (χ0) is 15.1. The van der Waals surface area contributed by atoms with E-state index in [1.807, 2.05) is 36.4 Å². The maximum atomic E-state index is 12.2. The summed E-state index contributed by atoms with van der Waals surface area (Å²) in [5.41, 5.74) is 2.08. The molecule has 0 spiro atoms. The lowest BCUT2D eigenvalue weighted by molar-refractivity contribution is 0.0913. The minimum Gasteiger partial charge on any atom is -0.393 e. The molecule has 1 aromatic carbocycles. The molecule has 0 aliphatic heterocycles. The Morgan fingerprint density at radius 3 is 2.48 bits per heavy atom.